The molecule has 0 spiro atoms. The van der Waals surface area contributed by atoms with Crippen molar-refractivity contribution in [1.82, 2.24) is 9.88 Å². The number of nitrogens with two attached hydrogens (primary N) is 1. The molecular weight excluding hydrogens is 269 g/mol. The maximum Gasteiger partial charge on any atom is 0.433 e. The fourth-order valence-corrected chi connectivity index (χ4v) is 2.31. The van der Waals surface area contributed by atoms with Crippen LogP contribution in [0, 0.1) is 0 Å². The summed E-state index contributed by atoms with van der Waals surface area (Å²) in [4.78, 5) is 7.86. The molecule has 4 nitrogen and oxygen atoms in total. The van der Waals surface area contributed by atoms with Crippen LogP contribution in [0.3, 0.4) is 0 Å². The van der Waals surface area contributed by atoms with Crippen LogP contribution in [0.5, 0.6) is 0 Å². The van der Waals surface area contributed by atoms with Crippen molar-refractivity contribution in [3.63, 3.8) is 0 Å². The zero-order valence-electron chi connectivity index (χ0n) is 11.6. The monoisotopic (exact) mass is 288 g/mol. The van der Waals surface area contributed by atoms with Gasteiger partial charge in [-0.3, -0.25) is 0 Å². The van der Waals surface area contributed by atoms with Crippen LogP contribution in [0.15, 0.2) is 12.1 Å². The highest BCUT2D eigenvalue weighted by Crippen LogP contribution is 2.31. The fourth-order valence-electron chi connectivity index (χ4n) is 2.31. The van der Waals surface area contributed by atoms with E-state index in [2.05, 4.69) is 9.88 Å². The molecule has 1 aliphatic heterocycles. The zero-order valence-corrected chi connectivity index (χ0v) is 11.6. The number of piperazine rings is 1. The topological polar surface area (TPSA) is 45.4 Å². The first kappa shape index (κ1) is 15.1. The van der Waals surface area contributed by atoms with Crippen LogP contribution >= 0.6 is 0 Å². The van der Waals surface area contributed by atoms with Gasteiger partial charge in [-0.1, -0.05) is 6.07 Å². The summed E-state index contributed by atoms with van der Waals surface area (Å²) < 4.78 is 38.4. The average Bonchev–Trinajstić information content (AvgIpc) is 2.40. The maximum absolute atomic E-state index is 12.8. The Morgan fingerprint density at radius 3 is 2.60 bits per heavy atom. The summed E-state index contributed by atoms with van der Waals surface area (Å²) in [5.41, 5.74) is 5.40. The van der Waals surface area contributed by atoms with Gasteiger partial charge >= 0.3 is 6.18 Å². The smallest absolute Gasteiger partial charge is 0.353 e. The second kappa shape index (κ2) is 5.57. The SMILES string of the molecule is CC1CN(c2nc(C(F)(F)F)ccc2CN)CCN1C. The van der Waals surface area contributed by atoms with E-state index in [1.165, 1.54) is 6.07 Å². The van der Waals surface area contributed by atoms with Crippen LogP contribution in [0.25, 0.3) is 0 Å². The number of rotatable bonds is 2. The Labute approximate surface area is 116 Å². The van der Waals surface area contributed by atoms with Gasteiger partial charge in [0, 0.05) is 37.8 Å². The highest BCUT2D eigenvalue weighted by atomic mass is 19.4. The minimum absolute atomic E-state index is 0.182. The lowest BCUT2D eigenvalue weighted by Crippen LogP contribution is -2.50. The summed E-state index contributed by atoms with van der Waals surface area (Å²) in [5.74, 6) is 0.363. The normalized spacial score (nSPS) is 21.3. The lowest BCUT2D eigenvalue weighted by atomic mass is 10.1. The van der Waals surface area contributed by atoms with Gasteiger partial charge < -0.3 is 15.5 Å². The summed E-state index contributed by atoms with van der Waals surface area (Å²) in [7, 11) is 2.01. The standard InChI is InChI=1S/C13H19F3N4/c1-9-8-20(6-5-19(9)2)12-10(7-17)3-4-11(18-12)13(14,15)16/h3-4,9H,5-8,17H2,1-2H3. The molecule has 112 valence electrons. The van der Waals surface area contributed by atoms with Crippen LogP contribution in [0.2, 0.25) is 0 Å². The van der Waals surface area contributed by atoms with Crippen molar-refractivity contribution in [2.75, 3.05) is 31.6 Å². The first-order valence-electron chi connectivity index (χ1n) is 6.55. The first-order valence-corrected chi connectivity index (χ1v) is 6.55. The molecular formula is C13H19F3N4. The Morgan fingerprint density at radius 2 is 2.05 bits per heavy atom. The molecule has 20 heavy (non-hydrogen) atoms. The molecule has 1 atom stereocenters. The van der Waals surface area contributed by atoms with Crippen molar-refractivity contribution in [1.29, 1.82) is 0 Å². The Kier molecular flexibility index (Phi) is 4.19. The number of hydrogen-bond acceptors (Lipinski definition) is 4. The molecule has 2 rings (SSSR count). The van der Waals surface area contributed by atoms with Crippen LogP contribution < -0.4 is 10.6 Å². The van der Waals surface area contributed by atoms with Crippen molar-refractivity contribution in [2.45, 2.75) is 25.7 Å². The summed E-state index contributed by atoms with van der Waals surface area (Å²) >= 11 is 0. The fraction of sp³-hybridized carbons (Fsp3) is 0.615. The summed E-state index contributed by atoms with van der Waals surface area (Å²) in [5, 5.41) is 0. The molecule has 0 saturated carbocycles. The first-order chi connectivity index (χ1) is 9.32. The molecule has 0 amide bonds. The lowest BCUT2D eigenvalue weighted by Gasteiger charge is -2.39. The largest absolute Gasteiger partial charge is 0.433 e. The molecule has 0 aromatic carbocycles. The number of nitrogens with zero attached hydrogens (tertiary/aromatic N) is 3. The second-order valence-corrected chi connectivity index (χ2v) is 5.16. The van der Waals surface area contributed by atoms with E-state index in [-0.39, 0.29) is 12.6 Å². The minimum atomic E-state index is -4.43. The Bertz CT molecular complexity index is 475. The van der Waals surface area contributed by atoms with Gasteiger partial charge in [0.15, 0.2) is 0 Å². The molecule has 0 aliphatic carbocycles. The predicted molar refractivity (Wildman–Crippen MR) is 71.4 cm³/mol. The van der Waals surface area contributed by atoms with Gasteiger partial charge in [-0.25, -0.2) is 4.98 Å². The number of alkyl halides is 3. The Morgan fingerprint density at radius 1 is 1.35 bits per heavy atom. The van der Waals surface area contributed by atoms with Crippen molar-refractivity contribution in [3.8, 4) is 0 Å². The quantitative estimate of drug-likeness (QED) is 0.899. The molecule has 1 fully saturated rings. The summed E-state index contributed by atoms with van der Waals surface area (Å²) in [6, 6.07) is 2.69. The van der Waals surface area contributed by atoms with E-state index in [1.807, 2.05) is 18.9 Å². The molecule has 2 N–H and O–H groups in total. The third-order valence-electron chi connectivity index (χ3n) is 3.73. The van der Waals surface area contributed by atoms with Crippen molar-refractivity contribution < 1.29 is 13.2 Å². The molecule has 1 aliphatic rings. The van der Waals surface area contributed by atoms with E-state index in [4.69, 9.17) is 5.73 Å². The van der Waals surface area contributed by atoms with Gasteiger partial charge in [0.1, 0.15) is 11.5 Å². The van der Waals surface area contributed by atoms with Crippen LogP contribution in [-0.4, -0.2) is 42.6 Å². The van der Waals surface area contributed by atoms with Gasteiger partial charge in [-0.2, -0.15) is 13.2 Å². The molecule has 1 unspecified atom stereocenters. The van der Waals surface area contributed by atoms with Gasteiger partial charge in [0.25, 0.3) is 0 Å². The number of hydrogen-bond donors (Lipinski definition) is 1. The molecule has 2 heterocycles. The molecule has 1 aromatic rings. The third-order valence-corrected chi connectivity index (χ3v) is 3.73. The number of pyridine rings is 1. The third kappa shape index (κ3) is 3.04. The lowest BCUT2D eigenvalue weighted by molar-refractivity contribution is -0.141. The van der Waals surface area contributed by atoms with Gasteiger partial charge in [0.05, 0.1) is 0 Å². The van der Waals surface area contributed by atoms with Gasteiger partial charge in [-0.15, -0.1) is 0 Å². The summed E-state index contributed by atoms with van der Waals surface area (Å²) in [6.07, 6.45) is -4.43. The minimum Gasteiger partial charge on any atom is -0.353 e. The Hall–Kier alpha value is -1.34. The number of aromatic nitrogens is 1. The van der Waals surface area contributed by atoms with Crippen LogP contribution in [0.4, 0.5) is 19.0 Å². The highest BCUT2D eigenvalue weighted by molar-refractivity contribution is 5.49. The van der Waals surface area contributed by atoms with E-state index in [1.54, 1.807) is 0 Å². The molecule has 7 heteroatoms. The van der Waals surface area contributed by atoms with E-state index >= 15 is 0 Å². The van der Waals surface area contributed by atoms with Crippen molar-refractivity contribution in [3.05, 3.63) is 23.4 Å². The van der Waals surface area contributed by atoms with Gasteiger partial charge in [-0.05, 0) is 20.0 Å². The van der Waals surface area contributed by atoms with E-state index < -0.39 is 11.9 Å². The molecule has 0 bridgehead atoms. The van der Waals surface area contributed by atoms with Crippen LogP contribution in [0.1, 0.15) is 18.2 Å². The average molecular weight is 288 g/mol. The number of anilines is 1. The number of likely N-dealkylation sites (N-methyl/N-ethyl adjacent to an activating group) is 1. The van der Waals surface area contributed by atoms with E-state index in [0.717, 1.165) is 12.6 Å². The van der Waals surface area contributed by atoms with Crippen molar-refractivity contribution >= 4 is 5.82 Å². The molecule has 1 saturated heterocycles. The molecule has 1 aromatic heterocycles. The maximum atomic E-state index is 12.8. The molecule has 0 radical (unpaired) electrons. The Balaban J connectivity index is 2.34. The zero-order chi connectivity index (χ0) is 14.9. The van der Waals surface area contributed by atoms with Gasteiger partial charge in [0.2, 0.25) is 0 Å². The van der Waals surface area contributed by atoms with E-state index in [0.29, 0.717) is 24.5 Å². The predicted octanol–water partition coefficient (Wildman–Crippen LogP) is 1.70. The second-order valence-electron chi connectivity index (χ2n) is 5.16. The van der Waals surface area contributed by atoms with Crippen LogP contribution in [-0.2, 0) is 12.7 Å². The van der Waals surface area contributed by atoms with E-state index in [9.17, 15) is 13.2 Å². The number of halogens is 3. The summed E-state index contributed by atoms with van der Waals surface area (Å²) in [6.45, 7) is 4.33. The van der Waals surface area contributed by atoms with Crippen molar-refractivity contribution in [2.24, 2.45) is 5.73 Å². The highest BCUT2D eigenvalue weighted by Gasteiger charge is 2.34.